The second-order valence-electron chi connectivity index (χ2n) is 5.06. The Labute approximate surface area is 122 Å². The first-order valence-electron chi connectivity index (χ1n) is 6.40. The molecule has 0 saturated heterocycles. The molecular weight excluding hydrogens is 278 g/mol. The number of hydrogen-bond acceptors (Lipinski definition) is 3. The summed E-state index contributed by atoms with van der Waals surface area (Å²) in [4.78, 5) is 1.31. The molecule has 2 atom stereocenters. The highest BCUT2D eigenvalue weighted by Crippen LogP contribution is 2.36. The van der Waals surface area contributed by atoms with E-state index in [2.05, 4.69) is 23.7 Å². The molecule has 1 aromatic heterocycles. The molecule has 100 valence electrons. The van der Waals surface area contributed by atoms with Crippen molar-refractivity contribution in [3.05, 3.63) is 50.7 Å². The molecule has 0 amide bonds. The van der Waals surface area contributed by atoms with Crippen molar-refractivity contribution in [1.82, 2.24) is 0 Å². The average molecular weight is 294 g/mol. The van der Waals surface area contributed by atoms with Gasteiger partial charge in [0.2, 0.25) is 0 Å². The summed E-state index contributed by atoms with van der Waals surface area (Å²) in [5.41, 5.74) is 3.46. The Hall–Kier alpha value is -1.03. The predicted molar refractivity (Wildman–Crippen MR) is 81.2 cm³/mol. The van der Waals surface area contributed by atoms with Crippen molar-refractivity contribution in [1.29, 1.82) is 0 Å². The summed E-state index contributed by atoms with van der Waals surface area (Å²) in [5, 5.41) is 16.6. The first-order valence-corrected chi connectivity index (χ1v) is 7.66. The van der Waals surface area contributed by atoms with Gasteiger partial charge in [0.15, 0.2) is 0 Å². The van der Waals surface area contributed by atoms with Crippen LogP contribution in [0, 0.1) is 6.92 Å². The second-order valence-corrected chi connectivity index (χ2v) is 6.44. The highest BCUT2D eigenvalue weighted by molar-refractivity contribution is 7.10. The number of anilines is 1. The lowest BCUT2D eigenvalue weighted by Crippen LogP contribution is -2.16. The number of benzene rings is 1. The van der Waals surface area contributed by atoms with Crippen LogP contribution in [-0.4, -0.2) is 11.2 Å². The van der Waals surface area contributed by atoms with Crippen molar-refractivity contribution in [2.24, 2.45) is 0 Å². The van der Waals surface area contributed by atoms with Crippen LogP contribution in [0.15, 0.2) is 29.6 Å². The smallest absolute Gasteiger partial charge is 0.0634 e. The number of fused-ring (bicyclic) bond motifs is 1. The van der Waals surface area contributed by atoms with Gasteiger partial charge in [-0.15, -0.1) is 11.3 Å². The van der Waals surface area contributed by atoms with E-state index >= 15 is 0 Å². The van der Waals surface area contributed by atoms with Gasteiger partial charge in [0.25, 0.3) is 0 Å². The number of nitrogens with one attached hydrogen (secondary N) is 1. The third-order valence-electron chi connectivity index (χ3n) is 3.58. The SMILES string of the molecule is Cc1ccsc1[C@@H]1C[C@H](O)Cc2cc(Cl)ccc2N1. The third kappa shape index (κ3) is 2.64. The molecule has 1 aromatic carbocycles. The molecule has 3 rings (SSSR count). The summed E-state index contributed by atoms with van der Waals surface area (Å²) in [6.45, 7) is 2.12. The molecule has 4 heteroatoms. The maximum atomic E-state index is 10.2. The minimum atomic E-state index is -0.335. The summed E-state index contributed by atoms with van der Waals surface area (Å²) >= 11 is 7.78. The number of hydrogen-bond donors (Lipinski definition) is 2. The van der Waals surface area contributed by atoms with Gasteiger partial charge in [-0.05, 0) is 54.1 Å². The van der Waals surface area contributed by atoms with E-state index in [-0.39, 0.29) is 12.1 Å². The van der Waals surface area contributed by atoms with E-state index in [1.54, 1.807) is 11.3 Å². The van der Waals surface area contributed by atoms with Crippen LogP contribution in [0.2, 0.25) is 5.02 Å². The molecule has 1 aliphatic rings. The van der Waals surface area contributed by atoms with Gasteiger partial charge in [0.05, 0.1) is 12.1 Å². The summed E-state index contributed by atoms with van der Waals surface area (Å²) in [5.74, 6) is 0. The van der Waals surface area contributed by atoms with Crippen molar-refractivity contribution in [2.75, 3.05) is 5.32 Å². The number of aryl methyl sites for hydroxylation is 1. The van der Waals surface area contributed by atoms with Crippen molar-refractivity contribution < 1.29 is 5.11 Å². The van der Waals surface area contributed by atoms with E-state index in [1.807, 2.05) is 18.2 Å². The molecule has 0 fully saturated rings. The summed E-state index contributed by atoms with van der Waals surface area (Å²) in [7, 11) is 0. The van der Waals surface area contributed by atoms with E-state index in [4.69, 9.17) is 11.6 Å². The number of halogens is 1. The van der Waals surface area contributed by atoms with Crippen LogP contribution in [0.3, 0.4) is 0 Å². The molecule has 0 aliphatic carbocycles. The zero-order valence-electron chi connectivity index (χ0n) is 10.7. The number of aliphatic hydroxyl groups excluding tert-OH is 1. The Morgan fingerprint density at radius 2 is 2.21 bits per heavy atom. The standard InChI is InChI=1S/C15H16ClNOS/c1-9-4-5-19-15(9)14-8-12(18)7-10-6-11(16)2-3-13(10)17-14/h2-6,12,14,17-18H,7-8H2,1H3/t12-,14+/m1/s1. The van der Waals surface area contributed by atoms with E-state index in [9.17, 15) is 5.11 Å². The maximum absolute atomic E-state index is 10.2. The lowest BCUT2D eigenvalue weighted by Gasteiger charge is -2.19. The Morgan fingerprint density at radius 3 is 2.95 bits per heavy atom. The predicted octanol–water partition coefficient (Wildman–Crippen LogP) is 4.17. The fraction of sp³-hybridized carbons (Fsp3) is 0.333. The molecule has 1 aliphatic heterocycles. The monoisotopic (exact) mass is 293 g/mol. The van der Waals surface area contributed by atoms with Crippen molar-refractivity contribution in [2.45, 2.75) is 31.9 Å². The van der Waals surface area contributed by atoms with Gasteiger partial charge in [0, 0.05) is 22.0 Å². The molecule has 0 unspecified atom stereocenters. The molecule has 2 N–H and O–H groups in total. The molecule has 2 nitrogen and oxygen atoms in total. The third-order valence-corrected chi connectivity index (χ3v) is 4.95. The Morgan fingerprint density at radius 1 is 1.37 bits per heavy atom. The Balaban J connectivity index is 1.98. The van der Waals surface area contributed by atoms with Crippen LogP contribution in [0.25, 0.3) is 0 Å². The first kappa shape index (κ1) is 13.0. The van der Waals surface area contributed by atoms with Gasteiger partial charge in [-0.2, -0.15) is 0 Å². The van der Waals surface area contributed by atoms with Crippen LogP contribution in [0.1, 0.15) is 28.5 Å². The minimum absolute atomic E-state index is 0.178. The topological polar surface area (TPSA) is 32.3 Å². The summed E-state index contributed by atoms with van der Waals surface area (Å²) in [6.07, 6.45) is 1.05. The highest BCUT2D eigenvalue weighted by Gasteiger charge is 2.24. The lowest BCUT2D eigenvalue weighted by molar-refractivity contribution is 0.161. The van der Waals surface area contributed by atoms with Gasteiger partial charge in [0.1, 0.15) is 0 Å². The molecule has 0 spiro atoms. The zero-order chi connectivity index (χ0) is 13.4. The Bertz CT molecular complexity index is 596. The summed E-state index contributed by atoms with van der Waals surface area (Å²) < 4.78 is 0. The van der Waals surface area contributed by atoms with E-state index in [1.165, 1.54) is 10.4 Å². The van der Waals surface area contributed by atoms with Crippen LogP contribution >= 0.6 is 22.9 Å². The fourth-order valence-electron chi connectivity index (χ4n) is 2.64. The van der Waals surface area contributed by atoms with Crippen molar-refractivity contribution >= 4 is 28.6 Å². The number of rotatable bonds is 1. The quantitative estimate of drug-likeness (QED) is 0.827. The van der Waals surface area contributed by atoms with Gasteiger partial charge < -0.3 is 10.4 Å². The summed E-state index contributed by atoms with van der Waals surface area (Å²) in [6, 6.07) is 8.14. The minimum Gasteiger partial charge on any atom is -0.393 e. The van der Waals surface area contributed by atoms with E-state index in [0.29, 0.717) is 6.42 Å². The van der Waals surface area contributed by atoms with E-state index in [0.717, 1.165) is 22.7 Å². The normalized spacial score (nSPS) is 22.5. The molecule has 19 heavy (non-hydrogen) atoms. The second kappa shape index (κ2) is 5.16. The Kier molecular flexibility index (Phi) is 3.52. The highest BCUT2D eigenvalue weighted by atomic mass is 35.5. The molecular formula is C15H16ClNOS. The zero-order valence-corrected chi connectivity index (χ0v) is 12.3. The number of aliphatic hydroxyl groups is 1. The average Bonchev–Trinajstić information content (AvgIpc) is 2.70. The lowest BCUT2D eigenvalue weighted by atomic mass is 10.0. The van der Waals surface area contributed by atoms with Crippen LogP contribution < -0.4 is 5.32 Å². The molecule has 0 radical (unpaired) electrons. The van der Waals surface area contributed by atoms with Crippen LogP contribution in [0.4, 0.5) is 5.69 Å². The van der Waals surface area contributed by atoms with Gasteiger partial charge in [-0.3, -0.25) is 0 Å². The molecule has 0 bridgehead atoms. The van der Waals surface area contributed by atoms with Crippen LogP contribution in [0.5, 0.6) is 0 Å². The van der Waals surface area contributed by atoms with Crippen molar-refractivity contribution in [3.8, 4) is 0 Å². The maximum Gasteiger partial charge on any atom is 0.0634 e. The van der Waals surface area contributed by atoms with Crippen molar-refractivity contribution in [3.63, 3.8) is 0 Å². The largest absolute Gasteiger partial charge is 0.393 e. The number of thiophene rings is 1. The molecule has 2 heterocycles. The molecule has 2 aromatic rings. The fourth-order valence-corrected chi connectivity index (χ4v) is 3.83. The van der Waals surface area contributed by atoms with E-state index < -0.39 is 0 Å². The van der Waals surface area contributed by atoms with Gasteiger partial charge >= 0.3 is 0 Å². The first-order chi connectivity index (χ1) is 9.13. The van der Waals surface area contributed by atoms with Crippen LogP contribution in [-0.2, 0) is 6.42 Å². The molecule has 0 saturated carbocycles. The van der Waals surface area contributed by atoms with Gasteiger partial charge in [-0.25, -0.2) is 0 Å². The van der Waals surface area contributed by atoms with Gasteiger partial charge in [-0.1, -0.05) is 11.6 Å².